The molecule has 4 aromatic rings. The number of nitrogens with zero attached hydrogens (tertiary/aromatic N) is 4. The Morgan fingerprint density at radius 3 is 2.45 bits per heavy atom. The first-order valence-corrected chi connectivity index (χ1v) is 11.0. The maximum atomic E-state index is 13.0. The van der Waals surface area contributed by atoms with Crippen molar-refractivity contribution in [2.24, 2.45) is 0 Å². The number of aryl methyl sites for hydroxylation is 1. The molecule has 1 aromatic carbocycles. The van der Waals surface area contributed by atoms with Gasteiger partial charge >= 0.3 is 6.18 Å². The zero-order valence-electron chi connectivity index (χ0n) is 16.6. The van der Waals surface area contributed by atoms with E-state index in [-0.39, 0.29) is 27.5 Å². The summed E-state index contributed by atoms with van der Waals surface area (Å²) in [6, 6.07) is 9.91. The van der Waals surface area contributed by atoms with Crippen LogP contribution < -0.4 is 0 Å². The van der Waals surface area contributed by atoms with E-state index in [1.165, 1.54) is 25.4 Å². The largest absolute Gasteiger partial charge is 0.417 e. The van der Waals surface area contributed by atoms with Crippen LogP contribution in [0, 0.1) is 6.92 Å². The lowest BCUT2D eigenvalue weighted by molar-refractivity contribution is -0.137. The number of aromatic nitrogens is 4. The highest BCUT2D eigenvalue weighted by molar-refractivity contribution is 7.91. The van der Waals surface area contributed by atoms with Gasteiger partial charge in [-0.1, -0.05) is 36.8 Å². The molecule has 0 amide bonds. The molecule has 0 spiro atoms. The number of rotatable bonds is 4. The van der Waals surface area contributed by atoms with Crippen LogP contribution in [0.2, 0.25) is 0 Å². The van der Waals surface area contributed by atoms with E-state index in [0.29, 0.717) is 11.8 Å². The second-order valence-corrected chi connectivity index (χ2v) is 9.27. The summed E-state index contributed by atoms with van der Waals surface area (Å²) in [5.74, 6) is -0.166. The van der Waals surface area contributed by atoms with Gasteiger partial charge in [0.25, 0.3) is 0 Å². The second-order valence-electron chi connectivity index (χ2n) is 7.02. The van der Waals surface area contributed by atoms with E-state index in [0.717, 1.165) is 21.9 Å². The molecule has 31 heavy (non-hydrogen) atoms. The second kappa shape index (κ2) is 7.45. The number of hydrogen-bond donors (Lipinski definition) is 0. The monoisotopic (exact) mass is 446 g/mol. The summed E-state index contributed by atoms with van der Waals surface area (Å²) in [5, 5.41) is 4.11. The topological polar surface area (TPSA) is 77.7 Å². The summed E-state index contributed by atoms with van der Waals surface area (Å²) in [7, 11) is -3.71. The van der Waals surface area contributed by atoms with Crippen LogP contribution in [0.1, 0.15) is 18.1 Å². The average Bonchev–Trinajstić information content (AvgIpc) is 3.16. The maximum Gasteiger partial charge on any atom is 0.417 e. The lowest BCUT2D eigenvalue weighted by atomic mass is 10.1. The van der Waals surface area contributed by atoms with Crippen molar-refractivity contribution in [3.05, 3.63) is 66.1 Å². The van der Waals surface area contributed by atoms with Gasteiger partial charge in [-0.15, -0.1) is 0 Å². The average molecular weight is 446 g/mol. The number of benzene rings is 1. The maximum absolute atomic E-state index is 13.0. The van der Waals surface area contributed by atoms with Gasteiger partial charge in [0.2, 0.25) is 0 Å². The van der Waals surface area contributed by atoms with E-state index in [9.17, 15) is 21.6 Å². The van der Waals surface area contributed by atoms with Crippen molar-refractivity contribution >= 4 is 20.9 Å². The highest BCUT2D eigenvalue weighted by Crippen LogP contribution is 2.31. The molecule has 0 saturated heterocycles. The van der Waals surface area contributed by atoms with Crippen molar-refractivity contribution in [1.29, 1.82) is 0 Å². The third-order valence-corrected chi connectivity index (χ3v) is 6.53. The van der Waals surface area contributed by atoms with Crippen LogP contribution in [0.4, 0.5) is 13.2 Å². The van der Waals surface area contributed by atoms with Crippen molar-refractivity contribution in [2.75, 3.05) is 5.75 Å². The van der Waals surface area contributed by atoms with Crippen LogP contribution in [-0.2, 0) is 16.0 Å². The Morgan fingerprint density at radius 2 is 1.77 bits per heavy atom. The molecule has 3 aromatic heterocycles. The molecule has 0 fully saturated rings. The predicted octanol–water partition coefficient (Wildman–Crippen LogP) is 4.60. The summed E-state index contributed by atoms with van der Waals surface area (Å²) in [6.07, 6.45) is -0.972. The highest BCUT2D eigenvalue weighted by atomic mass is 32.2. The van der Waals surface area contributed by atoms with Gasteiger partial charge in [-0.25, -0.2) is 18.1 Å². The van der Waals surface area contributed by atoms with E-state index in [1.807, 2.05) is 31.2 Å². The van der Waals surface area contributed by atoms with Crippen LogP contribution in [0.25, 0.3) is 28.0 Å². The van der Waals surface area contributed by atoms with Crippen LogP contribution in [0.3, 0.4) is 0 Å². The summed E-state index contributed by atoms with van der Waals surface area (Å²) in [4.78, 5) is 8.05. The van der Waals surface area contributed by atoms with Gasteiger partial charge in [0.05, 0.1) is 17.5 Å². The summed E-state index contributed by atoms with van der Waals surface area (Å²) in [6.45, 7) is 3.43. The molecule has 0 aliphatic heterocycles. The van der Waals surface area contributed by atoms with Gasteiger partial charge < -0.3 is 0 Å². The third kappa shape index (κ3) is 4.02. The molecule has 0 unspecified atom stereocenters. The van der Waals surface area contributed by atoms with Crippen LogP contribution in [-0.4, -0.2) is 33.9 Å². The first-order valence-electron chi connectivity index (χ1n) is 9.31. The highest BCUT2D eigenvalue weighted by Gasteiger charge is 2.31. The van der Waals surface area contributed by atoms with E-state index in [4.69, 9.17) is 0 Å². The SMILES string of the molecule is CCS(=O)(=O)c1cc(-c2cccc(C)c2)cnc1-n1cc2ncc(C(F)(F)F)cc2n1. The van der Waals surface area contributed by atoms with Gasteiger partial charge in [-0.05, 0) is 24.6 Å². The Balaban J connectivity index is 1.90. The van der Waals surface area contributed by atoms with E-state index < -0.39 is 21.6 Å². The van der Waals surface area contributed by atoms with Crippen molar-refractivity contribution in [3.8, 4) is 16.9 Å². The van der Waals surface area contributed by atoms with Gasteiger partial charge in [-0.2, -0.15) is 18.3 Å². The predicted molar refractivity (Wildman–Crippen MR) is 110 cm³/mol. The molecule has 3 heterocycles. The van der Waals surface area contributed by atoms with Crippen LogP contribution in [0.5, 0.6) is 0 Å². The molecule has 0 bridgehead atoms. The van der Waals surface area contributed by atoms with Gasteiger partial charge in [0.15, 0.2) is 15.7 Å². The fourth-order valence-corrected chi connectivity index (χ4v) is 4.19. The Kier molecular flexibility index (Phi) is 5.04. The molecule has 4 rings (SSSR count). The molecular formula is C21H17F3N4O2S. The normalized spacial score (nSPS) is 12.4. The first-order chi connectivity index (χ1) is 14.6. The molecule has 0 saturated carbocycles. The standard InChI is InChI=1S/C21H17F3N4O2S/c1-3-31(29,30)19-8-15(14-6-4-5-13(2)7-14)10-26-20(19)28-12-18-17(27-28)9-16(11-25-18)21(22,23)24/h4-12H,3H2,1-2H3. The number of alkyl halides is 3. The summed E-state index contributed by atoms with van der Waals surface area (Å²) in [5.41, 5.74) is 1.65. The lowest BCUT2D eigenvalue weighted by Crippen LogP contribution is -2.11. The number of fused-ring (bicyclic) bond motifs is 1. The molecule has 0 radical (unpaired) electrons. The molecule has 0 N–H and O–H groups in total. The molecule has 160 valence electrons. The van der Waals surface area contributed by atoms with Gasteiger partial charge in [-0.3, -0.25) is 4.98 Å². The quantitative estimate of drug-likeness (QED) is 0.458. The molecule has 0 atom stereocenters. The molecule has 0 aliphatic rings. The Labute approximate surface area is 176 Å². The van der Waals surface area contributed by atoms with Crippen molar-refractivity contribution in [3.63, 3.8) is 0 Å². The summed E-state index contributed by atoms with van der Waals surface area (Å²) >= 11 is 0. The van der Waals surface area contributed by atoms with Crippen molar-refractivity contribution < 1.29 is 21.6 Å². The Hall–Kier alpha value is -3.27. The van der Waals surface area contributed by atoms with E-state index >= 15 is 0 Å². The minimum absolute atomic E-state index is 0.00446. The zero-order valence-corrected chi connectivity index (χ0v) is 17.4. The lowest BCUT2D eigenvalue weighted by Gasteiger charge is -2.11. The fraction of sp³-hybridized carbons (Fsp3) is 0.190. The number of pyridine rings is 2. The van der Waals surface area contributed by atoms with Crippen molar-refractivity contribution in [1.82, 2.24) is 19.7 Å². The minimum atomic E-state index is -4.56. The van der Waals surface area contributed by atoms with Crippen LogP contribution >= 0.6 is 0 Å². The van der Waals surface area contributed by atoms with Crippen molar-refractivity contribution in [2.45, 2.75) is 24.9 Å². The fourth-order valence-electron chi connectivity index (χ4n) is 3.14. The van der Waals surface area contributed by atoms with Gasteiger partial charge in [0.1, 0.15) is 15.9 Å². The number of halogens is 3. The number of hydrogen-bond acceptors (Lipinski definition) is 5. The number of sulfone groups is 1. The minimum Gasteiger partial charge on any atom is -0.252 e. The van der Waals surface area contributed by atoms with E-state index in [2.05, 4.69) is 15.1 Å². The smallest absolute Gasteiger partial charge is 0.252 e. The Bertz CT molecular complexity index is 1400. The third-order valence-electron chi connectivity index (χ3n) is 4.80. The molecular weight excluding hydrogens is 429 g/mol. The first kappa shape index (κ1) is 21.0. The molecule has 0 aliphatic carbocycles. The van der Waals surface area contributed by atoms with Gasteiger partial charge in [0, 0.05) is 18.0 Å². The zero-order chi connectivity index (χ0) is 22.4. The molecule has 10 heteroatoms. The van der Waals surface area contributed by atoms with E-state index in [1.54, 1.807) is 0 Å². The Morgan fingerprint density at radius 1 is 1.00 bits per heavy atom. The summed E-state index contributed by atoms with van der Waals surface area (Å²) < 4.78 is 65.7. The van der Waals surface area contributed by atoms with Crippen LogP contribution in [0.15, 0.2) is 59.9 Å². The molecule has 6 nitrogen and oxygen atoms in total.